The molecule has 0 bridgehead atoms. The van der Waals surface area contributed by atoms with Crippen molar-refractivity contribution in [2.24, 2.45) is 0 Å². The Labute approximate surface area is 185 Å². The van der Waals surface area contributed by atoms with Crippen molar-refractivity contribution in [2.45, 2.75) is 24.9 Å². The summed E-state index contributed by atoms with van der Waals surface area (Å²) in [7, 11) is 3.80. The highest BCUT2D eigenvalue weighted by Gasteiger charge is 2.60. The normalized spacial score (nSPS) is 22.7. The second kappa shape index (κ2) is 7.00. The van der Waals surface area contributed by atoms with E-state index >= 15 is 0 Å². The zero-order chi connectivity index (χ0) is 22.8. The van der Waals surface area contributed by atoms with Crippen LogP contribution >= 0.6 is 0 Å². The number of phenolic OH excluding ortho intramolecular Hbond substituents is 2. The van der Waals surface area contributed by atoms with E-state index in [0.717, 1.165) is 22.2 Å². The molecule has 2 atom stereocenters. The molecule has 0 saturated carbocycles. The standard InChI is InChI=1S/C24H26N4O4/c1-24-13-18-17-12-16(30)7-8-19(17)25-20(18)21(14-5-4-6-15(29)11-14)28(24)23(32)27(22(24)31)10-9-26(2)3/h4-8,11-12,21,25,29-30H,9-10,13H2,1-3H3/t21-,24+/m1/s1. The lowest BCUT2D eigenvalue weighted by Crippen LogP contribution is -2.53. The van der Waals surface area contributed by atoms with Crippen LogP contribution in [0.4, 0.5) is 4.79 Å². The zero-order valence-corrected chi connectivity index (χ0v) is 18.3. The van der Waals surface area contributed by atoms with Gasteiger partial charge in [0.2, 0.25) is 0 Å². The van der Waals surface area contributed by atoms with Crippen LogP contribution in [0.2, 0.25) is 0 Å². The molecule has 3 aromatic rings. The number of H-pyrrole nitrogens is 1. The van der Waals surface area contributed by atoms with Gasteiger partial charge in [0.25, 0.3) is 5.91 Å². The molecule has 5 rings (SSSR count). The summed E-state index contributed by atoms with van der Waals surface area (Å²) in [5.41, 5.74) is 2.16. The Morgan fingerprint density at radius 1 is 1.12 bits per heavy atom. The fourth-order valence-corrected chi connectivity index (χ4v) is 5.04. The molecule has 1 saturated heterocycles. The van der Waals surface area contributed by atoms with Gasteiger partial charge in [-0.1, -0.05) is 12.1 Å². The summed E-state index contributed by atoms with van der Waals surface area (Å²) in [6.45, 7) is 2.68. The molecule has 0 radical (unpaired) electrons. The monoisotopic (exact) mass is 434 g/mol. The molecule has 3 heterocycles. The number of carbonyl (C=O) groups excluding carboxylic acids is 2. The highest BCUT2D eigenvalue weighted by Crippen LogP contribution is 2.49. The number of urea groups is 1. The molecule has 2 aliphatic rings. The number of benzene rings is 2. The molecule has 8 nitrogen and oxygen atoms in total. The van der Waals surface area contributed by atoms with Gasteiger partial charge in [0.05, 0.1) is 0 Å². The number of hydrogen-bond acceptors (Lipinski definition) is 5. The number of hydrogen-bond donors (Lipinski definition) is 3. The van der Waals surface area contributed by atoms with Crippen LogP contribution in [0, 0.1) is 0 Å². The predicted molar refractivity (Wildman–Crippen MR) is 120 cm³/mol. The van der Waals surface area contributed by atoms with Gasteiger partial charge in [-0.2, -0.15) is 0 Å². The molecular weight excluding hydrogens is 408 g/mol. The van der Waals surface area contributed by atoms with Crippen molar-refractivity contribution in [3.05, 3.63) is 59.3 Å². The lowest BCUT2D eigenvalue weighted by Gasteiger charge is -2.42. The first-order valence-corrected chi connectivity index (χ1v) is 10.6. The number of rotatable bonds is 4. The van der Waals surface area contributed by atoms with E-state index in [9.17, 15) is 19.8 Å². The third-order valence-corrected chi connectivity index (χ3v) is 6.61. The van der Waals surface area contributed by atoms with Crippen LogP contribution in [0.3, 0.4) is 0 Å². The van der Waals surface area contributed by atoms with Gasteiger partial charge >= 0.3 is 6.03 Å². The first-order chi connectivity index (χ1) is 15.2. The van der Waals surface area contributed by atoms with E-state index in [4.69, 9.17) is 0 Å². The van der Waals surface area contributed by atoms with Crippen molar-refractivity contribution < 1.29 is 19.8 Å². The van der Waals surface area contributed by atoms with Gasteiger partial charge in [-0.05, 0) is 62.5 Å². The van der Waals surface area contributed by atoms with Crippen LogP contribution in [0.25, 0.3) is 10.9 Å². The van der Waals surface area contributed by atoms with E-state index in [1.165, 1.54) is 4.90 Å². The van der Waals surface area contributed by atoms with Gasteiger partial charge in [-0.15, -0.1) is 0 Å². The highest BCUT2D eigenvalue weighted by atomic mass is 16.3. The number of fused-ring (bicyclic) bond motifs is 4. The van der Waals surface area contributed by atoms with Crippen molar-refractivity contribution >= 4 is 22.8 Å². The van der Waals surface area contributed by atoms with E-state index in [-0.39, 0.29) is 23.4 Å². The number of phenols is 2. The van der Waals surface area contributed by atoms with Crippen LogP contribution in [-0.4, -0.2) is 74.6 Å². The van der Waals surface area contributed by atoms with Crippen LogP contribution < -0.4 is 0 Å². The average molecular weight is 434 g/mol. The van der Waals surface area contributed by atoms with Gasteiger partial charge in [-0.3, -0.25) is 14.6 Å². The first-order valence-electron chi connectivity index (χ1n) is 10.6. The molecular formula is C24H26N4O4. The second-order valence-electron chi connectivity index (χ2n) is 9.11. The minimum absolute atomic E-state index is 0.0903. The van der Waals surface area contributed by atoms with Crippen LogP contribution in [0.1, 0.15) is 29.8 Å². The Bertz CT molecular complexity index is 1250. The largest absolute Gasteiger partial charge is 0.508 e. The van der Waals surface area contributed by atoms with Crippen molar-refractivity contribution in [1.29, 1.82) is 0 Å². The summed E-state index contributed by atoms with van der Waals surface area (Å²) >= 11 is 0. The molecule has 0 spiro atoms. The number of amides is 3. The van der Waals surface area contributed by atoms with Gasteiger partial charge in [0.1, 0.15) is 23.1 Å². The SMILES string of the molecule is CN(C)CCN1C(=O)N2[C@H](c3cccc(O)c3)c3[nH]c4ccc(O)cc4c3C[C@@]2(C)C1=O. The maximum Gasteiger partial charge on any atom is 0.328 e. The summed E-state index contributed by atoms with van der Waals surface area (Å²) in [4.78, 5) is 35.5. The second-order valence-corrected chi connectivity index (χ2v) is 9.11. The molecule has 1 fully saturated rings. The maximum atomic E-state index is 13.6. The fourth-order valence-electron chi connectivity index (χ4n) is 5.04. The number of nitrogens with zero attached hydrogens (tertiary/aromatic N) is 3. The van der Waals surface area contributed by atoms with E-state index in [1.807, 2.05) is 32.0 Å². The number of likely N-dealkylation sites (N-methyl/N-ethyl adjacent to an activating group) is 1. The highest BCUT2D eigenvalue weighted by molar-refractivity contribution is 6.08. The third-order valence-electron chi connectivity index (χ3n) is 6.61. The summed E-state index contributed by atoms with van der Waals surface area (Å²) in [6.07, 6.45) is 0.337. The predicted octanol–water partition coefficient (Wildman–Crippen LogP) is 2.81. The smallest absolute Gasteiger partial charge is 0.328 e. The van der Waals surface area contributed by atoms with Crippen LogP contribution in [0.15, 0.2) is 42.5 Å². The number of carbonyl (C=O) groups is 2. The quantitative estimate of drug-likeness (QED) is 0.549. The van der Waals surface area contributed by atoms with Crippen molar-refractivity contribution in [3.63, 3.8) is 0 Å². The third kappa shape index (κ3) is 2.86. The fraction of sp³-hybridized carbons (Fsp3) is 0.333. The molecule has 32 heavy (non-hydrogen) atoms. The van der Waals surface area contributed by atoms with E-state index < -0.39 is 11.6 Å². The number of nitrogens with one attached hydrogen (secondary N) is 1. The van der Waals surface area contributed by atoms with Crippen molar-refractivity contribution in [3.8, 4) is 11.5 Å². The van der Waals surface area contributed by atoms with Gasteiger partial charge in [-0.25, -0.2) is 4.79 Å². The number of imide groups is 1. The summed E-state index contributed by atoms with van der Waals surface area (Å²) in [5, 5.41) is 21.1. The Morgan fingerprint density at radius 3 is 2.59 bits per heavy atom. The van der Waals surface area contributed by atoms with Gasteiger partial charge in [0.15, 0.2) is 0 Å². The van der Waals surface area contributed by atoms with Crippen LogP contribution in [-0.2, 0) is 11.2 Å². The van der Waals surface area contributed by atoms with Gasteiger partial charge < -0.3 is 20.1 Å². The average Bonchev–Trinajstić information content (AvgIpc) is 3.17. The molecule has 0 aliphatic carbocycles. The summed E-state index contributed by atoms with van der Waals surface area (Å²) in [6, 6.07) is 11.0. The van der Waals surface area contributed by atoms with Crippen molar-refractivity contribution in [1.82, 2.24) is 19.7 Å². The van der Waals surface area contributed by atoms with E-state index in [1.54, 1.807) is 41.3 Å². The van der Waals surface area contributed by atoms with Crippen LogP contribution in [0.5, 0.6) is 11.5 Å². The molecule has 166 valence electrons. The maximum absolute atomic E-state index is 13.6. The summed E-state index contributed by atoms with van der Waals surface area (Å²) in [5.74, 6) is 0.00407. The molecule has 3 N–H and O–H groups in total. The molecule has 1 aromatic heterocycles. The first kappa shape index (κ1) is 20.4. The number of aromatic amines is 1. The topological polar surface area (TPSA) is 100 Å². The lowest BCUT2D eigenvalue weighted by molar-refractivity contribution is -0.133. The molecule has 0 unspecified atom stereocenters. The van der Waals surface area contributed by atoms with Crippen molar-refractivity contribution in [2.75, 3.05) is 27.2 Å². The molecule has 8 heteroatoms. The minimum Gasteiger partial charge on any atom is -0.508 e. The minimum atomic E-state index is -1.08. The number of aromatic nitrogens is 1. The van der Waals surface area contributed by atoms with E-state index in [0.29, 0.717) is 25.1 Å². The Kier molecular flexibility index (Phi) is 4.46. The van der Waals surface area contributed by atoms with Gasteiger partial charge in [0, 0.05) is 36.1 Å². The van der Waals surface area contributed by atoms with E-state index in [2.05, 4.69) is 4.98 Å². The Balaban J connectivity index is 1.72. The molecule has 2 aliphatic heterocycles. The number of aromatic hydroxyl groups is 2. The Morgan fingerprint density at radius 2 is 1.88 bits per heavy atom. The lowest BCUT2D eigenvalue weighted by atomic mass is 9.81. The summed E-state index contributed by atoms with van der Waals surface area (Å²) < 4.78 is 0. The Hall–Kier alpha value is -3.52. The molecule has 2 aromatic carbocycles. The molecule has 3 amide bonds. The zero-order valence-electron chi connectivity index (χ0n) is 18.3.